The molecule has 0 saturated heterocycles. The Morgan fingerprint density at radius 1 is 1.54 bits per heavy atom. The maximum absolute atomic E-state index is 11.3. The molecule has 1 aromatic heterocycles. The van der Waals surface area contributed by atoms with Crippen molar-refractivity contribution in [2.75, 3.05) is 13.7 Å². The van der Waals surface area contributed by atoms with Crippen LogP contribution in [0.4, 0.5) is 0 Å². The van der Waals surface area contributed by atoms with E-state index < -0.39 is 0 Å². The standard InChI is InChI=1S/C8H9Cl2NO2/c1-13-3-2-11-5-6(9)4-7(10)8(11)12/h4-5H,2-3H2,1H3. The fourth-order valence-corrected chi connectivity index (χ4v) is 1.43. The molecule has 0 spiro atoms. The minimum Gasteiger partial charge on any atom is -0.383 e. The first-order valence-corrected chi connectivity index (χ1v) is 4.45. The second kappa shape index (κ2) is 4.65. The largest absolute Gasteiger partial charge is 0.383 e. The minimum atomic E-state index is -0.247. The second-order valence-corrected chi connectivity index (χ2v) is 3.34. The molecule has 0 aromatic carbocycles. The summed E-state index contributed by atoms with van der Waals surface area (Å²) in [4.78, 5) is 11.3. The molecule has 1 rings (SSSR count). The molecule has 3 nitrogen and oxygen atoms in total. The monoisotopic (exact) mass is 221 g/mol. The van der Waals surface area contributed by atoms with Crippen LogP contribution in [0.1, 0.15) is 0 Å². The number of rotatable bonds is 3. The fourth-order valence-electron chi connectivity index (χ4n) is 0.920. The first kappa shape index (κ1) is 10.6. The average molecular weight is 222 g/mol. The molecule has 0 fully saturated rings. The van der Waals surface area contributed by atoms with E-state index in [9.17, 15) is 4.79 Å². The zero-order valence-corrected chi connectivity index (χ0v) is 8.60. The molecule has 5 heteroatoms. The number of pyridine rings is 1. The Kier molecular flexibility index (Phi) is 3.78. The summed E-state index contributed by atoms with van der Waals surface area (Å²) < 4.78 is 6.26. The van der Waals surface area contributed by atoms with Crippen LogP contribution in [0.15, 0.2) is 17.1 Å². The first-order chi connectivity index (χ1) is 6.15. The van der Waals surface area contributed by atoms with E-state index in [2.05, 4.69) is 0 Å². The van der Waals surface area contributed by atoms with Gasteiger partial charge >= 0.3 is 0 Å². The second-order valence-electron chi connectivity index (χ2n) is 2.50. The summed E-state index contributed by atoms with van der Waals surface area (Å²) in [6, 6.07) is 1.43. The van der Waals surface area contributed by atoms with Gasteiger partial charge in [-0.25, -0.2) is 0 Å². The van der Waals surface area contributed by atoms with Crippen molar-refractivity contribution in [2.45, 2.75) is 6.54 Å². The van der Waals surface area contributed by atoms with Crippen molar-refractivity contribution in [1.29, 1.82) is 0 Å². The van der Waals surface area contributed by atoms with Crippen molar-refractivity contribution < 1.29 is 4.74 Å². The van der Waals surface area contributed by atoms with Gasteiger partial charge in [-0.1, -0.05) is 23.2 Å². The van der Waals surface area contributed by atoms with Crippen LogP contribution < -0.4 is 5.56 Å². The highest BCUT2D eigenvalue weighted by atomic mass is 35.5. The van der Waals surface area contributed by atoms with Gasteiger partial charge in [-0.05, 0) is 6.07 Å². The molecule has 0 atom stereocenters. The Labute approximate surface area is 85.8 Å². The Morgan fingerprint density at radius 3 is 2.85 bits per heavy atom. The zero-order chi connectivity index (χ0) is 9.84. The smallest absolute Gasteiger partial charge is 0.269 e. The van der Waals surface area contributed by atoms with E-state index in [1.54, 1.807) is 7.11 Å². The van der Waals surface area contributed by atoms with Crippen molar-refractivity contribution >= 4 is 23.2 Å². The summed E-state index contributed by atoms with van der Waals surface area (Å²) in [5.74, 6) is 0. The summed E-state index contributed by atoms with van der Waals surface area (Å²) in [5, 5.41) is 0.573. The molecular formula is C8H9Cl2NO2. The zero-order valence-electron chi connectivity index (χ0n) is 7.09. The van der Waals surface area contributed by atoms with Crippen LogP contribution in [-0.4, -0.2) is 18.3 Å². The minimum absolute atomic E-state index is 0.128. The number of hydrogen-bond acceptors (Lipinski definition) is 2. The van der Waals surface area contributed by atoms with Crippen LogP contribution in [0.3, 0.4) is 0 Å². The molecule has 0 unspecified atom stereocenters. The molecule has 72 valence electrons. The summed E-state index contributed by atoms with van der Waals surface area (Å²) in [6.45, 7) is 0.909. The summed E-state index contributed by atoms with van der Waals surface area (Å²) in [7, 11) is 1.57. The van der Waals surface area contributed by atoms with E-state index in [1.165, 1.54) is 16.8 Å². The Hall–Kier alpha value is -0.510. The number of hydrogen-bond donors (Lipinski definition) is 0. The van der Waals surface area contributed by atoms with Gasteiger partial charge in [0.15, 0.2) is 0 Å². The van der Waals surface area contributed by atoms with Gasteiger partial charge in [-0.3, -0.25) is 4.79 Å². The molecule has 0 amide bonds. The Bertz CT molecular complexity index is 348. The molecule has 1 aromatic rings. The molecule has 0 radical (unpaired) electrons. The predicted molar refractivity (Wildman–Crippen MR) is 52.6 cm³/mol. The van der Waals surface area contributed by atoms with Crippen LogP contribution in [0.5, 0.6) is 0 Å². The highest BCUT2D eigenvalue weighted by Gasteiger charge is 2.02. The first-order valence-electron chi connectivity index (χ1n) is 3.69. The third-order valence-corrected chi connectivity index (χ3v) is 2.02. The summed E-state index contributed by atoms with van der Waals surface area (Å²) in [5.41, 5.74) is -0.247. The molecule has 0 aliphatic rings. The van der Waals surface area contributed by atoms with Gasteiger partial charge in [0.2, 0.25) is 0 Å². The van der Waals surface area contributed by atoms with E-state index in [0.29, 0.717) is 18.2 Å². The van der Waals surface area contributed by atoms with Crippen LogP contribution in [0, 0.1) is 0 Å². The van der Waals surface area contributed by atoms with Crippen LogP contribution in [0.2, 0.25) is 10.0 Å². The van der Waals surface area contributed by atoms with E-state index >= 15 is 0 Å². The number of ether oxygens (including phenoxy) is 1. The third kappa shape index (κ3) is 2.72. The number of nitrogens with zero attached hydrogens (tertiary/aromatic N) is 1. The van der Waals surface area contributed by atoms with Crippen molar-refractivity contribution in [3.05, 3.63) is 32.7 Å². The quantitative estimate of drug-likeness (QED) is 0.780. The lowest BCUT2D eigenvalue weighted by atomic mass is 10.4. The van der Waals surface area contributed by atoms with Crippen molar-refractivity contribution in [3.8, 4) is 0 Å². The van der Waals surface area contributed by atoms with Crippen molar-refractivity contribution in [2.24, 2.45) is 0 Å². The van der Waals surface area contributed by atoms with E-state index in [4.69, 9.17) is 27.9 Å². The van der Waals surface area contributed by atoms with Crippen LogP contribution in [0.25, 0.3) is 0 Å². The highest BCUT2D eigenvalue weighted by Crippen LogP contribution is 2.10. The average Bonchev–Trinajstić information content (AvgIpc) is 2.09. The van der Waals surface area contributed by atoms with E-state index in [1.807, 2.05) is 0 Å². The van der Waals surface area contributed by atoms with Gasteiger partial charge in [0.1, 0.15) is 5.02 Å². The van der Waals surface area contributed by atoms with E-state index in [0.717, 1.165) is 0 Å². The van der Waals surface area contributed by atoms with Crippen LogP contribution in [-0.2, 0) is 11.3 Å². The molecule has 1 heterocycles. The molecular weight excluding hydrogens is 213 g/mol. The molecule has 13 heavy (non-hydrogen) atoms. The van der Waals surface area contributed by atoms with Gasteiger partial charge in [0.05, 0.1) is 11.6 Å². The lowest BCUT2D eigenvalue weighted by Crippen LogP contribution is -2.21. The van der Waals surface area contributed by atoms with Gasteiger partial charge < -0.3 is 9.30 Å². The highest BCUT2D eigenvalue weighted by molar-refractivity contribution is 6.34. The van der Waals surface area contributed by atoms with E-state index in [-0.39, 0.29) is 10.6 Å². The van der Waals surface area contributed by atoms with Gasteiger partial charge in [0, 0.05) is 19.9 Å². The fraction of sp³-hybridized carbons (Fsp3) is 0.375. The lowest BCUT2D eigenvalue weighted by molar-refractivity contribution is 0.186. The molecule has 0 N–H and O–H groups in total. The van der Waals surface area contributed by atoms with Crippen LogP contribution >= 0.6 is 23.2 Å². The third-order valence-electron chi connectivity index (χ3n) is 1.55. The molecule has 0 bridgehead atoms. The summed E-state index contributed by atoms with van der Waals surface area (Å²) >= 11 is 11.4. The predicted octanol–water partition coefficient (Wildman–Crippen LogP) is 1.80. The van der Waals surface area contributed by atoms with Crippen molar-refractivity contribution in [1.82, 2.24) is 4.57 Å². The van der Waals surface area contributed by atoms with Gasteiger partial charge in [0.25, 0.3) is 5.56 Å². The lowest BCUT2D eigenvalue weighted by Gasteiger charge is -2.05. The number of aromatic nitrogens is 1. The SMILES string of the molecule is COCCn1cc(Cl)cc(Cl)c1=O. The van der Waals surface area contributed by atoms with Crippen molar-refractivity contribution in [3.63, 3.8) is 0 Å². The normalized spacial score (nSPS) is 10.4. The molecule has 0 aliphatic heterocycles. The van der Waals surface area contributed by atoms with Gasteiger partial charge in [-0.2, -0.15) is 0 Å². The Morgan fingerprint density at radius 2 is 2.23 bits per heavy atom. The molecule has 0 saturated carbocycles. The summed E-state index contributed by atoms with van der Waals surface area (Å²) in [6.07, 6.45) is 1.54. The topological polar surface area (TPSA) is 31.2 Å². The Balaban J connectivity index is 2.99. The number of halogens is 2. The maximum atomic E-state index is 11.3. The molecule has 0 aliphatic carbocycles. The van der Waals surface area contributed by atoms with Gasteiger partial charge in [-0.15, -0.1) is 0 Å². The maximum Gasteiger partial charge on any atom is 0.269 e. The number of methoxy groups -OCH3 is 1.